The lowest BCUT2D eigenvalue weighted by Crippen LogP contribution is -2.00. The molecule has 29 heavy (non-hydrogen) atoms. The van der Waals surface area contributed by atoms with Crippen LogP contribution in [0.25, 0.3) is 32.9 Å². The molecule has 1 aliphatic rings. The first-order valence-corrected chi connectivity index (χ1v) is 10.5. The van der Waals surface area contributed by atoms with E-state index in [0.29, 0.717) is 0 Å². The summed E-state index contributed by atoms with van der Waals surface area (Å²) in [7, 11) is 0. The van der Waals surface area contributed by atoms with Crippen LogP contribution in [0.3, 0.4) is 0 Å². The Morgan fingerprint density at radius 1 is 0.655 bits per heavy atom. The third-order valence-corrected chi connectivity index (χ3v) is 6.45. The van der Waals surface area contributed by atoms with Crippen LogP contribution < -0.4 is 0 Å². The molecule has 0 atom stereocenters. The van der Waals surface area contributed by atoms with E-state index in [9.17, 15) is 0 Å². The average Bonchev–Trinajstić information content (AvgIpc) is 3.29. The average molecular weight is 373 g/mol. The molecular weight excluding hydrogens is 350 g/mol. The molecular formula is C28H23N. The molecule has 0 amide bonds. The Labute approximate surface area is 171 Å². The van der Waals surface area contributed by atoms with Crippen molar-refractivity contribution in [1.82, 2.24) is 4.57 Å². The topological polar surface area (TPSA) is 4.93 Å². The fourth-order valence-electron chi connectivity index (χ4n) is 4.94. The minimum absolute atomic E-state index is 0.894. The summed E-state index contributed by atoms with van der Waals surface area (Å²) in [5.41, 5.74) is 11.1. The molecule has 0 fully saturated rings. The Morgan fingerprint density at radius 3 is 2.34 bits per heavy atom. The van der Waals surface area contributed by atoms with E-state index in [0.717, 1.165) is 19.4 Å². The molecule has 1 heterocycles. The van der Waals surface area contributed by atoms with E-state index in [1.165, 1.54) is 55.2 Å². The summed E-state index contributed by atoms with van der Waals surface area (Å²) in [4.78, 5) is 0. The van der Waals surface area contributed by atoms with Gasteiger partial charge in [-0.15, -0.1) is 0 Å². The standard InChI is InChI=1S/C28H23N/c1-2-19-12-14-28-26(15-19)24-9-5-6-10-27(24)29(28)18-20-11-13-22-17-21-7-3-4-8-23(21)25(22)16-20/h3-16H,2,17-18H2,1H3. The van der Waals surface area contributed by atoms with Crippen LogP contribution in [0.4, 0.5) is 0 Å². The number of benzene rings is 4. The van der Waals surface area contributed by atoms with Gasteiger partial charge >= 0.3 is 0 Å². The summed E-state index contributed by atoms with van der Waals surface area (Å²) in [5, 5.41) is 2.72. The maximum absolute atomic E-state index is 2.48. The largest absolute Gasteiger partial charge is 0.336 e. The number of hydrogen-bond donors (Lipinski definition) is 0. The van der Waals surface area contributed by atoms with Crippen molar-refractivity contribution in [3.63, 3.8) is 0 Å². The molecule has 5 aromatic rings. The van der Waals surface area contributed by atoms with Crippen LogP contribution in [-0.4, -0.2) is 4.57 Å². The third kappa shape index (κ3) is 2.54. The Bertz CT molecular complexity index is 1390. The van der Waals surface area contributed by atoms with Gasteiger partial charge in [-0.25, -0.2) is 0 Å². The van der Waals surface area contributed by atoms with Gasteiger partial charge in [0.2, 0.25) is 0 Å². The highest BCUT2D eigenvalue weighted by Gasteiger charge is 2.18. The number of hydrogen-bond acceptors (Lipinski definition) is 0. The molecule has 1 aliphatic carbocycles. The van der Waals surface area contributed by atoms with E-state index in [-0.39, 0.29) is 0 Å². The van der Waals surface area contributed by atoms with Gasteiger partial charge in [0.25, 0.3) is 0 Å². The van der Waals surface area contributed by atoms with E-state index in [4.69, 9.17) is 0 Å². The lowest BCUT2D eigenvalue weighted by molar-refractivity contribution is 0.868. The number of nitrogens with zero attached hydrogens (tertiary/aromatic N) is 1. The van der Waals surface area contributed by atoms with Gasteiger partial charge in [-0.1, -0.05) is 67.6 Å². The van der Waals surface area contributed by atoms with Crippen LogP contribution in [-0.2, 0) is 19.4 Å². The van der Waals surface area contributed by atoms with Gasteiger partial charge in [0.05, 0.1) is 0 Å². The lowest BCUT2D eigenvalue weighted by Gasteiger charge is -2.10. The smallest absolute Gasteiger partial charge is 0.0494 e. The van der Waals surface area contributed by atoms with Crippen molar-refractivity contribution < 1.29 is 0 Å². The summed E-state index contributed by atoms with van der Waals surface area (Å²) in [6.07, 6.45) is 2.13. The molecule has 1 nitrogen and oxygen atoms in total. The first-order chi connectivity index (χ1) is 14.3. The van der Waals surface area contributed by atoms with Crippen LogP contribution in [0.15, 0.2) is 84.9 Å². The molecule has 0 radical (unpaired) electrons. The molecule has 4 aromatic carbocycles. The Morgan fingerprint density at radius 2 is 1.41 bits per heavy atom. The summed E-state index contributed by atoms with van der Waals surface area (Å²) in [5.74, 6) is 0. The van der Waals surface area contributed by atoms with Crippen molar-refractivity contribution >= 4 is 21.8 Å². The fourth-order valence-corrected chi connectivity index (χ4v) is 4.94. The molecule has 140 valence electrons. The highest BCUT2D eigenvalue weighted by Crippen LogP contribution is 2.37. The van der Waals surface area contributed by atoms with Crippen LogP contribution in [0.5, 0.6) is 0 Å². The van der Waals surface area contributed by atoms with Crippen molar-refractivity contribution in [2.24, 2.45) is 0 Å². The zero-order valence-corrected chi connectivity index (χ0v) is 16.7. The zero-order valence-electron chi connectivity index (χ0n) is 16.7. The van der Waals surface area contributed by atoms with E-state index >= 15 is 0 Å². The summed E-state index contributed by atoms with van der Waals surface area (Å²) in [6, 6.07) is 31.6. The van der Waals surface area contributed by atoms with Crippen molar-refractivity contribution in [1.29, 1.82) is 0 Å². The number of rotatable bonds is 3. The van der Waals surface area contributed by atoms with Gasteiger partial charge in [0.15, 0.2) is 0 Å². The fraction of sp³-hybridized carbons (Fsp3) is 0.143. The molecule has 0 bridgehead atoms. The molecule has 0 unspecified atom stereocenters. The van der Waals surface area contributed by atoms with Crippen molar-refractivity contribution in [3.8, 4) is 11.1 Å². The SMILES string of the molecule is CCc1ccc2c(c1)c1ccccc1n2Cc1ccc2c(c1)-c1ccccc1C2. The van der Waals surface area contributed by atoms with E-state index in [1.54, 1.807) is 0 Å². The highest BCUT2D eigenvalue weighted by molar-refractivity contribution is 6.08. The lowest BCUT2D eigenvalue weighted by atomic mass is 10.0. The molecule has 1 aromatic heterocycles. The van der Waals surface area contributed by atoms with Gasteiger partial charge in [-0.05, 0) is 70.5 Å². The summed E-state index contributed by atoms with van der Waals surface area (Å²) in [6.45, 7) is 3.12. The van der Waals surface area contributed by atoms with Crippen LogP contribution in [0, 0.1) is 0 Å². The molecule has 0 saturated heterocycles. The van der Waals surface area contributed by atoms with Crippen LogP contribution in [0.1, 0.15) is 29.2 Å². The van der Waals surface area contributed by atoms with Crippen LogP contribution in [0.2, 0.25) is 0 Å². The van der Waals surface area contributed by atoms with E-state index in [2.05, 4.69) is 96.4 Å². The predicted octanol–water partition coefficient (Wildman–Crippen LogP) is 6.98. The molecule has 0 spiro atoms. The second-order valence-corrected chi connectivity index (χ2v) is 8.13. The van der Waals surface area contributed by atoms with Gasteiger partial charge in [0, 0.05) is 28.4 Å². The minimum Gasteiger partial charge on any atom is -0.336 e. The minimum atomic E-state index is 0.894. The first kappa shape index (κ1) is 16.6. The zero-order chi connectivity index (χ0) is 19.4. The summed E-state index contributed by atoms with van der Waals surface area (Å²) >= 11 is 0. The van der Waals surface area contributed by atoms with Crippen LogP contribution >= 0.6 is 0 Å². The van der Waals surface area contributed by atoms with Crippen molar-refractivity contribution in [2.45, 2.75) is 26.3 Å². The van der Waals surface area contributed by atoms with Gasteiger partial charge in [-0.2, -0.15) is 0 Å². The molecule has 0 N–H and O–H groups in total. The summed E-state index contributed by atoms with van der Waals surface area (Å²) < 4.78 is 2.48. The third-order valence-electron chi connectivity index (χ3n) is 6.45. The first-order valence-electron chi connectivity index (χ1n) is 10.5. The molecule has 0 aliphatic heterocycles. The number of aromatic nitrogens is 1. The number of para-hydroxylation sites is 1. The monoisotopic (exact) mass is 373 g/mol. The van der Waals surface area contributed by atoms with Gasteiger partial charge in [0.1, 0.15) is 0 Å². The molecule has 0 saturated carbocycles. The maximum Gasteiger partial charge on any atom is 0.0494 e. The number of fused-ring (bicyclic) bond motifs is 6. The predicted molar refractivity (Wildman–Crippen MR) is 123 cm³/mol. The van der Waals surface area contributed by atoms with Crippen molar-refractivity contribution in [2.75, 3.05) is 0 Å². The van der Waals surface area contributed by atoms with Crippen molar-refractivity contribution in [3.05, 3.63) is 107 Å². The molecule has 6 rings (SSSR count). The Balaban J connectivity index is 1.51. The van der Waals surface area contributed by atoms with E-state index < -0.39 is 0 Å². The Kier molecular flexibility index (Phi) is 3.64. The number of aryl methyl sites for hydroxylation is 1. The highest BCUT2D eigenvalue weighted by atomic mass is 15.0. The second-order valence-electron chi connectivity index (χ2n) is 8.13. The normalized spacial score (nSPS) is 12.4. The quantitative estimate of drug-likeness (QED) is 0.315. The maximum atomic E-state index is 2.48. The molecule has 1 heteroatoms. The van der Waals surface area contributed by atoms with Gasteiger partial charge < -0.3 is 4.57 Å². The second kappa shape index (κ2) is 6.35. The van der Waals surface area contributed by atoms with E-state index in [1.807, 2.05) is 0 Å². The Hall–Kier alpha value is -3.32. The van der Waals surface area contributed by atoms with Gasteiger partial charge in [-0.3, -0.25) is 0 Å².